The summed E-state index contributed by atoms with van der Waals surface area (Å²) in [6, 6.07) is 7.29. The minimum atomic E-state index is -0.494. The van der Waals surface area contributed by atoms with Crippen molar-refractivity contribution in [3.8, 4) is 0 Å². The van der Waals surface area contributed by atoms with Crippen molar-refractivity contribution in [3.05, 3.63) is 34.9 Å². The molecule has 0 bridgehead atoms. The Morgan fingerprint density at radius 3 is 2.55 bits per heavy atom. The lowest BCUT2D eigenvalue weighted by Crippen LogP contribution is -2.41. The van der Waals surface area contributed by atoms with E-state index in [-0.39, 0.29) is 18.4 Å². The van der Waals surface area contributed by atoms with E-state index in [2.05, 4.69) is 0 Å². The monoisotopic (exact) mass is 297 g/mol. The van der Waals surface area contributed by atoms with Gasteiger partial charge in [0.05, 0.1) is 6.10 Å². The van der Waals surface area contributed by atoms with Crippen LogP contribution in [0.15, 0.2) is 24.3 Å². The molecule has 0 saturated carbocycles. The van der Waals surface area contributed by atoms with Crippen molar-refractivity contribution in [2.75, 3.05) is 26.8 Å². The summed E-state index contributed by atoms with van der Waals surface area (Å²) < 4.78 is 4.86. The molecule has 110 valence electrons. The topological polar surface area (TPSA) is 49.8 Å². The zero-order valence-corrected chi connectivity index (χ0v) is 12.3. The van der Waals surface area contributed by atoms with E-state index in [4.69, 9.17) is 16.3 Å². The zero-order chi connectivity index (χ0) is 14.5. The first-order valence-electron chi connectivity index (χ1n) is 6.82. The second-order valence-electron chi connectivity index (χ2n) is 5.15. The number of halogens is 1. The van der Waals surface area contributed by atoms with Crippen LogP contribution in [0.2, 0.25) is 5.02 Å². The largest absolute Gasteiger partial charge is 0.388 e. The molecule has 1 unspecified atom stereocenters. The summed E-state index contributed by atoms with van der Waals surface area (Å²) in [6.45, 7) is 1.49. The number of benzene rings is 1. The minimum Gasteiger partial charge on any atom is -0.388 e. The second-order valence-corrected chi connectivity index (χ2v) is 5.58. The third kappa shape index (κ3) is 3.72. The first-order valence-corrected chi connectivity index (χ1v) is 7.20. The summed E-state index contributed by atoms with van der Waals surface area (Å²) in [5.41, 5.74) is 0.885. The van der Waals surface area contributed by atoms with Crippen molar-refractivity contribution in [2.24, 2.45) is 5.92 Å². The summed E-state index contributed by atoms with van der Waals surface area (Å²) in [5.74, 6) is 0.203. The molecule has 1 saturated heterocycles. The number of hydrogen-bond donors (Lipinski definition) is 1. The molecule has 1 aromatic rings. The van der Waals surface area contributed by atoms with Crippen LogP contribution in [0.1, 0.15) is 24.5 Å². The molecule has 1 heterocycles. The molecule has 0 aromatic heterocycles. The van der Waals surface area contributed by atoms with Crippen LogP contribution in [0.4, 0.5) is 0 Å². The Bertz CT molecular complexity index is 441. The number of carbonyl (C=O) groups excluding carboxylic acids is 1. The molecule has 4 nitrogen and oxygen atoms in total. The first kappa shape index (κ1) is 15.3. The van der Waals surface area contributed by atoms with Crippen LogP contribution in [0.25, 0.3) is 0 Å². The lowest BCUT2D eigenvalue weighted by molar-refractivity contribution is -0.137. The number of rotatable bonds is 4. The van der Waals surface area contributed by atoms with Gasteiger partial charge in [-0.25, -0.2) is 0 Å². The number of likely N-dealkylation sites (tertiary alicyclic amines) is 1. The Hall–Kier alpha value is -1.10. The second kappa shape index (κ2) is 7.07. The van der Waals surface area contributed by atoms with Gasteiger partial charge in [-0.05, 0) is 36.5 Å². The minimum absolute atomic E-state index is 0.0203. The zero-order valence-electron chi connectivity index (χ0n) is 11.6. The number of aliphatic hydroxyl groups is 1. The van der Waals surface area contributed by atoms with E-state index in [1.165, 1.54) is 7.11 Å². The fraction of sp³-hybridized carbons (Fsp3) is 0.533. The van der Waals surface area contributed by atoms with Crippen LogP contribution in [-0.4, -0.2) is 42.7 Å². The summed E-state index contributed by atoms with van der Waals surface area (Å²) in [6.07, 6.45) is 1.12. The quantitative estimate of drug-likeness (QED) is 0.927. The number of aliphatic hydroxyl groups excluding tert-OH is 1. The van der Waals surface area contributed by atoms with Crippen LogP contribution < -0.4 is 0 Å². The fourth-order valence-corrected chi connectivity index (χ4v) is 2.74. The van der Waals surface area contributed by atoms with Gasteiger partial charge in [0.25, 0.3) is 0 Å². The van der Waals surface area contributed by atoms with Crippen molar-refractivity contribution < 1.29 is 14.6 Å². The summed E-state index contributed by atoms with van der Waals surface area (Å²) in [5, 5.41) is 11.1. The number of nitrogens with zero attached hydrogens (tertiary/aromatic N) is 1. The van der Waals surface area contributed by atoms with E-state index in [9.17, 15) is 9.90 Å². The number of methoxy groups -OCH3 is 1. The average molecular weight is 298 g/mol. The van der Waals surface area contributed by atoms with E-state index >= 15 is 0 Å². The fourth-order valence-electron chi connectivity index (χ4n) is 2.61. The molecule has 5 heteroatoms. The normalized spacial score (nSPS) is 18.1. The van der Waals surface area contributed by atoms with Gasteiger partial charge in [0, 0.05) is 25.2 Å². The van der Waals surface area contributed by atoms with Crippen LogP contribution in [0.3, 0.4) is 0 Å². The van der Waals surface area contributed by atoms with Gasteiger partial charge in [0.2, 0.25) is 5.91 Å². The van der Waals surface area contributed by atoms with E-state index in [0.29, 0.717) is 18.1 Å². The molecule has 20 heavy (non-hydrogen) atoms. The molecule has 1 fully saturated rings. The van der Waals surface area contributed by atoms with Gasteiger partial charge in [0.15, 0.2) is 0 Å². The predicted molar refractivity (Wildman–Crippen MR) is 77.6 cm³/mol. The highest BCUT2D eigenvalue weighted by Gasteiger charge is 2.28. The third-order valence-corrected chi connectivity index (χ3v) is 4.07. The standard InChI is InChI=1S/C15H20ClNO3/c1-20-10-14(18)17-8-6-12(7-9-17)15(19)11-2-4-13(16)5-3-11/h2-5,12,15,19H,6-10H2,1H3. The molecule has 0 radical (unpaired) electrons. The molecule has 1 atom stereocenters. The number of amides is 1. The maximum atomic E-state index is 11.7. The van der Waals surface area contributed by atoms with Gasteiger partial charge >= 0.3 is 0 Å². The molecule has 1 aromatic carbocycles. The molecule has 1 aliphatic rings. The third-order valence-electron chi connectivity index (χ3n) is 3.82. The predicted octanol–water partition coefficient (Wildman–Crippen LogP) is 2.26. The van der Waals surface area contributed by atoms with E-state index in [0.717, 1.165) is 18.4 Å². The van der Waals surface area contributed by atoms with Crippen LogP contribution >= 0.6 is 11.6 Å². The molecular formula is C15H20ClNO3. The lowest BCUT2D eigenvalue weighted by atomic mass is 9.87. The van der Waals surface area contributed by atoms with Crippen molar-refractivity contribution in [2.45, 2.75) is 18.9 Å². The van der Waals surface area contributed by atoms with Crippen molar-refractivity contribution in [3.63, 3.8) is 0 Å². The highest BCUT2D eigenvalue weighted by atomic mass is 35.5. The number of ether oxygens (including phenoxy) is 1. The molecular weight excluding hydrogens is 278 g/mol. The number of carbonyl (C=O) groups is 1. The molecule has 0 spiro atoms. The molecule has 2 rings (SSSR count). The van der Waals surface area contributed by atoms with Crippen LogP contribution in [0, 0.1) is 5.92 Å². The average Bonchev–Trinajstić information content (AvgIpc) is 2.48. The Labute approximate surface area is 124 Å². The SMILES string of the molecule is COCC(=O)N1CCC(C(O)c2ccc(Cl)cc2)CC1. The Morgan fingerprint density at radius 1 is 1.40 bits per heavy atom. The smallest absolute Gasteiger partial charge is 0.248 e. The Kier molecular flexibility index (Phi) is 5.40. The van der Waals surface area contributed by atoms with Gasteiger partial charge < -0.3 is 14.7 Å². The number of piperidine rings is 1. The van der Waals surface area contributed by atoms with Gasteiger partial charge in [-0.15, -0.1) is 0 Å². The van der Waals surface area contributed by atoms with E-state index < -0.39 is 6.10 Å². The highest BCUT2D eigenvalue weighted by molar-refractivity contribution is 6.30. The first-order chi connectivity index (χ1) is 9.61. The van der Waals surface area contributed by atoms with Gasteiger partial charge in [-0.2, -0.15) is 0 Å². The van der Waals surface area contributed by atoms with Gasteiger partial charge in [-0.3, -0.25) is 4.79 Å². The summed E-state index contributed by atoms with van der Waals surface area (Å²) in [4.78, 5) is 13.5. The number of hydrogen-bond acceptors (Lipinski definition) is 3. The van der Waals surface area contributed by atoms with Crippen molar-refractivity contribution >= 4 is 17.5 Å². The van der Waals surface area contributed by atoms with Crippen molar-refractivity contribution in [1.29, 1.82) is 0 Å². The maximum Gasteiger partial charge on any atom is 0.248 e. The molecule has 0 aliphatic carbocycles. The van der Waals surface area contributed by atoms with Gasteiger partial charge in [0.1, 0.15) is 6.61 Å². The molecule has 1 amide bonds. The van der Waals surface area contributed by atoms with Crippen molar-refractivity contribution in [1.82, 2.24) is 4.90 Å². The van der Waals surface area contributed by atoms with Gasteiger partial charge in [-0.1, -0.05) is 23.7 Å². The Balaban J connectivity index is 1.90. The maximum absolute atomic E-state index is 11.7. The molecule has 1 N–H and O–H groups in total. The summed E-state index contributed by atoms with van der Waals surface area (Å²) in [7, 11) is 1.52. The Morgan fingerprint density at radius 2 is 2.00 bits per heavy atom. The van der Waals surface area contributed by atoms with Crippen LogP contribution in [-0.2, 0) is 9.53 Å². The lowest BCUT2D eigenvalue weighted by Gasteiger charge is -2.34. The molecule has 1 aliphatic heterocycles. The van der Waals surface area contributed by atoms with E-state index in [1.807, 2.05) is 12.1 Å². The van der Waals surface area contributed by atoms with Crippen LogP contribution in [0.5, 0.6) is 0 Å². The van der Waals surface area contributed by atoms with E-state index in [1.54, 1.807) is 17.0 Å². The highest BCUT2D eigenvalue weighted by Crippen LogP contribution is 2.31. The summed E-state index contributed by atoms with van der Waals surface area (Å²) >= 11 is 5.85.